The van der Waals surface area contributed by atoms with Crippen molar-refractivity contribution in [3.63, 3.8) is 0 Å². The summed E-state index contributed by atoms with van der Waals surface area (Å²) < 4.78 is 0. The molecule has 3 rings (SSSR count). The number of benzene rings is 1. The maximum atomic E-state index is 5.99. The number of nitrogens with one attached hydrogen (secondary N) is 1. The number of rotatable bonds is 3. The molecule has 2 aromatic heterocycles. The first-order chi connectivity index (χ1) is 10.2. The van der Waals surface area contributed by atoms with Gasteiger partial charge in [0.25, 0.3) is 0 Å². The fourth-order valence-electron chi connectivity index (χ4n) is 1.89. The van der Waals surface area contributed by atoms with E-state index in [1.54, 1.807) is 24.5 Å². The molecule has 104 valence electrons. The zero-order valence-electron chi connectivity index (χ0n) is 10.9. The first kappa shape index (κ1) is 13.9. The molecule has 0 unspecified atom stereocenters. The van der Waals surface area contributed by atoms with E-state index in [0.29, 0.717) is 10.0 Å². The summed E-state index contributed by atoms with van der Waals surface area (Å²) in [7, 11) is 0. The second-order valence-corrected chi connectivity index (χ2v) is 5.24. The Morgan fingerprint density at radius 1 is 0.857 bits per heavy atom. The summed E-state index contributed by atoms with van der Waals surface area (Å²) in [6, 6.07) is 13.2. The zero-order valence-corrected chi connectivity index (χ0v) is 12.4. The minimum absolute atomic E-state index is 0.508. The lowest BCUT2D eigenvalue weighted by atomic mass is 10.1. The van der Waals surface area contributed by atoms with E-state index in [0.717, 1.165) is 22.6 Å². The van der Waals surface area contributed by atoms with Crippen LogP contribution in [0.15, 0.2) is 61.1 Å². The molecule has 0 aliphatic carbocycles. The largest absolute Gasteiger partial charge is 0.340 e. The van der Waals surface area contributed by atoms with E-state index in [4.69, 9.17) is 23.2 Å². The Kier molecular flexibility index (Phi) is 4.04. The minimum Gasteiger partial charge on any atom is -0.340 e. The SMILES string of the molecule is Clc1ccc(Nc2ccc(-c3cccnc3)cn2)cc1Cl. The highest BCUT2D eigenvalue weighted by atomic mass is 35.5. The summed E-state index contributed by atoms with van der Waals surface area (Å²) in [5.74, 6) is 0.737. The summed E-state index contributed by atoms with van der Waals surface area (Å²) in [5.41, 5.74) is 2.89. The van der Waals surface area contributed by atoms with Gasteiger partial charge in [0, 0.05) is 35.4 Å². The molecular formula is C16H11Cl2N3. The van der Waals surface area contributed by atoms with E-state index in [1.165, 1.54) is 0 Å². The van der Waals surface area contributed by atoms with Crippen LogP contribution in [-0.4, -0.2) is 9.97 Å². The van der Waals surface area contributed by atoms with Gasteiger partial charge in [-0.3, -0.25) is 4.98 Å². The third kappa shape index (κ3) is 3.32. The molecule has 0 aliphatic heterocycles. The highest BCUT2D eigenvalue weighted by Crippen LogP contribution is 2.27. The Morgan fingerprint density at radius 3 is 2.38 bits per heavy atom. The van der Waals surface area contributed by atoms with Crippen molar-refractivity contribution < 1.29 is 0 Å². The number of anilines is 2. The molecule has 5 heteroatoms. The monoisotopic (exact) mass is 315 g/mol. The molecule has 3 nitrogen and oxygen atoms in total. The summed E-state index contributed by atoms with van der Waals surface area (Å²) in [5, 5.41) is 4.22. The van der Waals surface area contributed by atoms with Crippen molar-refractivity contribution in [1.82, 2.24) is 9.97 Å². The quantitative estimate of drug-likeness (QED) is 0.722. The topological polar surface area (TPSA) is 37.8 Å². The van der Waals surface area contributed by atoms with Crippen molar-refractivity contribution in [2.75, 3.05) is 5.32 Å². The van der Waals surface area contributed by atoms with E-state index in [-0.39, 0.29) is 0 Å². The van der Waals surface area contributed by atoms with Crippen LogP contribution in [0, 0.1) is 0 Å². The molecule has 3 aromatic rings. The third-order valence-corrected chi connectivity index (χ3v) is 3.69. The van der Waals surface area contributed by atoms with Gasteiger partial charge in [-0.2, -0.15) is 0 Å². The summed E-state index contributed by atoms with van der Waals surface area (Å²) >= 11 is 11.9. The summed E-state index contributed by atoms with van der Waals surface area (Å²) in [6.45, 7) is 0. The van der Waals surface area contributed by atoms with Crippen molar-refractivity contribution in [2.45, 2.75) is 0 Å². The van der Waals surface area contributed by atoms with Crippen LogP contribution < -0.4 is 5.32 Å². The highest BCUT2D eigenvalue weighted by molar-refractivity contribution is 6.42. The molecule has 0 atom stereocenters. The highest BCUT2D eigenvalue weighted by Gasteiger charge is 2.02. The van der Waals surface area contributed by atoms with E-state index in [9.17, 15) is 0 Å². The van der Waals surface area contributed by atoms with Crippen molar-refractivity contribution in [3.05, 3.63) is 71.1 Å². The minimum atomic E-state index is 0.508. The molecule has 0 amide bonds. The van der Waals surface area contributed by atoms with Crippen LogP contribution in [0.3, 0.4) is 0 Å². The molecule has 0 fully saturated rings. The molecule has 2 heterocycles. The molecule has 0 radical (unpaired) electrons. The van der Waals surface area contributed by atoms with Gasteiger partial charge < -0.3 is 5.32 Å². The van der Waals surface area contributed by atoms with Crippen molar-refractivity contribution in [1.29, 1.82) is 0 Å². The van der Waals surface area contributed by atoms with E-state index in [1.807, 2.05) is 36.5 Å². The lowest BCUT2D eigenvalue weighted by Gasteiger charge is -2.07. The molecule has 0 bridgehead atoms. The first-order valence-electron chi connectivity index (χ1n) is 6.31. The molecule has 0 saturated heterocycles. The molecule has 0 spiro atoms. The number of hydrogen-bond donors (Lipinski definition) is 1. The maximum Gasteiger partial charge on any atom is 0.130 e. The Balaban J connectivity index is 1.80. The van der Waals surface area contributed by atoms with Gasteiger partial charge in [0.1, 0.15) is 5.82 Å². The Labute approximate surface area is 132 Å². The van der Waals surface area contributed by atoms with E-state index in [2.05, 4.69) is 15.3 Å². The van der Waals surface area contributed by atoms with Crippen LogP contribution in [0.25, 0.3) is 11.1 Å². The molecule has 1 N–H and O–H groups in total. The van der Waals surface area contributed by atoms with Crippen molar-refractivity contribution in [2.24, 2.45) is 0 Å². The fourth-order valence-corrected chi connectivity index (χ4v) is 2.19. The normalized spacial score (nSPS) is 10.4. The van der Waals surface area contributed by atoms with Crippen LogP contribution in [0.1, 0.15) is 0 Å². The van der Waals surface area contributed by atoms with Gasteiger partial charge in [-0.25, -0.2) is 4.98 Å². The van der Waals surface area contributed by atoms with Gasteiger partial charge in [0.05, 0.1) is 10.0 Å². The number of halogens is 2. The molecule has 0 saturated carbocycles. The summed E-state index contributed by atoms with van der Waals surface area (Å²) in [4.78, 5) is 8.49. The van der Waals surface area contributed by atoms with Crippen LogP contribution in [0.5, 0.6) is 0 Å². The van der Waals surface area contributed by atoms with Gasteiger partial charge in [-0.05, 0) is 36.4 Å². The molecular weight excluding hydrogens is 305 g/mol. The fraction of sp³-hybridized carbons (Fsp3) is 0. The lowest BCUT2D eigenvalue weighted by molar-refractivity contribution is 1.29. The molecule has 1 aromatic carbocycles. The average Bonchev–Trinajstić information content (AvgIpc) is 2.53. The summed E-state index contributed by atoms with van der Waals surface area (Å²) in [6.07, 6.45) is 5.36. The van der Waals surface area contributed by atoms with Crippen LogP contribution in [0.4, 0.5) is 11.5 Å². The van der Waals surface area contributed by atoms with Gasteiger partial charge in [-0.1, -0.05) is 29.3 Å². The predicted molar refractivity (Wildman–Crippen MR) is 87.2 cm³/mol. The van der Waals surface area contributed by atoms with Gasteiger partial charge in [0.2, 0.25) is 0 Å². The van der Waals surface area contributed by atoms with E-state index < -0.39 is 0 Å². The Hall–Kier alpha value is -2.10. The van der Waals surface area contributed by atoms with Gasteiger partial charge in [-0.15, -0.1) is 0 Å². The van der Waals surface area contributed by atoms with Crippen molar-refractivity contribution in [3.8, 4) is 11.1 Å². The average molecular weight is 316 g/mol. The molecule has 21 heavy (non-hydrogen) atoms. The lowest BCUT2D eigenvalue weighted by Crippen LogP contribution is -1.93. The van der Waals surface area contributed by atoms with E-state index >= 15 is 0 Å². The molecule has 0 aliphatic rings. The number of hydrogen-bond acceptors (Lipinski definition) is 3. The van der Waals surface area contributed by atoms with Gasteiger partial charge in [0.15, 0.2) is 0 Å². The van der Waals surface area contributed by atoms with Gasteiger partial charge >= 0.3 is 0 Å². The predicted octanol–water partition coefficient (Wildman–Crippen LogP) is 5.19. The Morgan fingerprint density at radius 2 is 1.71 bits per heavy atom. The number of pyridine rings is 2. The second-order valence-electron chi connectivity index (χ2n) is 4.43. The second kappa shape index (κ2) is 6.12. The maximum absolute atomic E-state index is 5.99. The standard InChI is InChI=1S/C16H11Cl2N3/c17-14-5-4-13(8-15(14)18)21-16-6-3-12(10-20-16)11-2-1-7-19-9-11/h1-10H,(H,20,21). The van der Waals surface area contributed by atoms with Crippen LogP contribution in [0.2, 0.25) is 10.0 Å². The third-order valence-electron chi connectivity index (χ3n) is 2.95. The van der Waals surface area contributed by atoms with Crippen LogP contribution >= 0.6 is 23.2 Å². The Bertz CT molecular complexity index is 743. The van der Waals surface area contributed by atoms with Crippen molar-refractivity contribution >= 4 is 34.7 Å². The number of nitrogens with zero attached hydrogens (tertiary/aromatic N) is 2. The first-order valence-corrected chi connectivity index (χ1v) is 7.06. The van der Waals surface area contributed by atoms with Crippen LogP contribution in [-0.2, 0) is 0 Å². The zero-order chi connectivity index (χ0) is 14.7. The smallest absolute Gasteiger partial charge is 0.130 e. The number of aromatic nitrogens is 2.